The highest BCUT2D eigenvalue weighted by Gasteiger charge is 1.94. The number of unbranched alkanes of at least 4 members (excludes halogenated alkanes) is 2. The summed E-state index contributed by atoms with van der Waals surface area (Å²) in [7, 11) is 0. The maximum absolute atomic E-state index is 11.4. The van der Waals surface area contributed by atoms with Gasteiger partial charge in [-0.3, -0.25) is 9.50 Å². The van der Waals surface area contributed by atoms with Gasteiger partial charge in [0, 0.05) is 6.42 Å². The van der Waals surface area contributed by atoms with Crippen molar-refractivity contribution in [3.63, 3.8) is 0 Å². The Morgan fingerprint density at radius 3 is 2.33 bits per heavy atom. The van der Waals surface area contributed by atoms with Gasteiger partial charge in [-0.2, -0.15) is 4.39 Å². The first kappa shape index (κ1) is 11.3. The molecule has 0 aliphatic rings. The Kier molecular flexibility index (Phi) is 9.49. The Bertz CT molecular complexity index is 73.5. The van der Waals surface area contributed by atoms with Crippen molar-refractivity contribution in [3.05, 3.63) is 0 Å². The topological polar surface area (TPSA) is 17.1 Å². The van der Waals surface area contributed by atoms with Crippen molar-refractivity contribution in [2.45, 2.75) is 32.6 Å². The fraction of sp³-hybridized carbons (Fsp3) is 0.833. The molecule has 0 heterocycles. The fourth-order valence-electron chi connectivity index (χ4n) is 0.514. The third kappa shape index (κ3) is 11.2. The number of hydrogen-bond acceptors (Lipinski definition) is 1. The molecule has 0 radical (unpaired) electrons. The minimum absolute atomic E-state index is 0. The SMILES string of the molecule is CCCCCC(=O)F.F. The van der Waals surface area contributed by atoms with E-state index in [2.05, 4.69) is 0 Å². The van der Waals surface area contributed by atoms with Crippen molar-refractivity contribution in [2.24, 2.45) is 0 Å². The molecule has 0 saturated heterocycles. The van der Waals surface area contributed by atoms with Crippen molar-refractivity contribution in [2.75, 3.05) is 0 Å². The minimum atomic E-state index is -1.18. The molecule has 56 valence electrons. The summed E-state index contributed by atoms with van der Waals surface area (Å²) in [6.45, 7) is 2.02. The second kappa shape index (κ2) is 7.53. The van der Waals surface area contributed by atoms with Crippen LogP contribution in [0.5, 0.6) is 0 Å². The van der Waals surface area contributed by atoms with E-state index in [1.807, 2.05) is 6.92 Å². The van der Waals surface area contributed by atoms with E-state index in [1.54, 1.807) is 0 Å². The summed E-state index contributed by atoms with van der Waals surface area (Å²) in [4.78, 5) is 9.65. The van der Waals surface area contributed by atoms with E-state index < -0.39 is 6.04 Å². The van der Waals surface area contributed by atoms with Crippen molar-refractivity contribution in [1.29, 1.82) is 0 Å². The van der Waals surface area contributed by atoms with Gasteiger partial charge in [0.25, 0.3) is 0 Å². The van der Waals surface area contributed by atoms with Crippen LogP contribution in [0.2, 0.25) is 0 Å². The molecule has 0 aliphatic heterocycles. The third-order valence-electron chi connectivity index (χ3n) is 0.977. The second-order valence-corrected chi connectivity index (χ2v) is 1.81. The van der Waals surface area contributed by atoms with Crippen LogP contribution < -0.4 is 0 Å². The van der Waals surface area contributed by atoms with Gasteiger partial charge in [-0.25, -0.2) is 0 Å². The molecule has 0 fully saturated rings. The van der Waals surface area contributed by atoms with Gasteiger partial charge in [0.05, 0.1) is 0 Å². The van der Waals surface area contributed by atoms with Gasteiger partial charge in [0.15, 0.2) is 0 Å². The van der Waals surface area contributed by atoms with Gasteiger partial charge in [-0.1, -0.05) is 19.8 Å². The summed E-state index contributed by atoms with van der Waals surface area (Å²) in [5, 5.41) is 0. The summed E-state index contributed by atoms with van der Waals surface area (Å²) in [6, 6.07) is -1.18. The predicted molar refractivity (Wildman–Crippen MR) is 32.8 cm³/mol. The van der Waals surface area contributed by atoms with E-state index in [0.29, 0.717) is 6.42 Å². The first-order valence-corrected chi connectivity index (χ1v) is 2.95. The molecule has 0 aromatic rings. The van der Waals surface area contributed by atoms with E-state index in [4.69, 9.17) is 0 Å². The zero-order chi connectivity index (χ0) is 6.41. The molecule has 3 heteroatoms. The summed E-state index contributed by atoms with van der Waals surface area (Å²) < 4.78 is 11.4. The van der Waals surface area contributed by atoms with Gasteiger partial charge in [-0.15, -0.1) is 0 Å². The van der Waals surface area contributed by atoms with Crippen LogP contribution in [-0.2, 0) is 4.79 Å². The minimum Gasteiger partial charge on any atom is -0.269 e. The molecule has 0 aromatic carbocycles. The van der Waals surface area contributed by atoms with Crippen LogP contribution in [0.1, 0.15) is 32.6 Å². The average Bonchev–Trinajstić information content (AvgIpc) is 1.66. The summed E-state index contributed by atoms with van der Waals surface area (Å²) in [5.74, 6) is 0. The lowest BCUT2D eigenvalue weighted by molar-refractivity contribution is -0.129. The smallest absolute Gasteiger partial charge is 0.269 e. The van der Waals surface area contributed by atoms with Crippen LogP contribution in [0.3, 0.4) is 0 Å². The van der Waals surface area contributed by atoms with Crippen molar-refractivity contribution in [3.8, 4) is 0 Å². The molecule has 0 aromatic heterocycles. The average molecular weight is 138 g/mol. The molecule has 0 unspecified atom stereocenters. The summed E-state index contributed by atoms with van der Waals surface area (Å²) in [6.07, 6.45) is 2.79. The maximum atomic E-state index is 11.4. The standard InChI is InChI=1S/C6H11FO.FH/c1-2-3-4-5-6(7)8;/h2-5H2,1H3;1H. The molecular weight excluding hydrogens is 126 g/mol. The largest absolute Gasteiger partial charge is 0.301 e. The Labute approximate surface area is 53.6 Å². The Morgan fingerprint density at radius 2 is 2.00 bits per heavy atom. The second-order valence-electron chi connectivity index (χ2n) is 1.81. The van der Waals surface area contributed by atoms with E-state index in [-0.39, 0.29) is 11.1 Å². The molecule has 9 heavy (non-hydrogen) atoms. The van der Waals surface area contributed by atoms with Gasteiger partial charge >= 0.3 is 6.04 Å². The van der Waals surface area contributed by atoms with Gasteiger partial charge in [0.2, 0.25) is 0 Å². The van der Waals surface area contributed by atoms with Crippen LogP contribution in [0.25, 0.3) is 0 Å². The number of carbonyl (C=O) groups excluding carboxylic acids is 1. The summed E-state index contributed by atoms with van der Waals surface area (Å²) in [5.41, 5.74) is 0. The monoisotopic (exact) mass is 138 g/mol. The van der Waals surface area contributed by atoms with Crippen molar-refractivity contribution >= 4 is 6.04 Å². The Balaban J connectivity index is 0. The number of rotatable bonds is 4. The molecule has 0 aliphatic carbocycles. The molecule has 0 rings (SSSR count). The molecule has 0 saturated carbocycles. The molecule has 0 atom stereocenters. The first-order valence-electron chi connectivity index (χ1n) is 2.95. The van der Waals surface area contributed by atoms with Crippen LogP contribution in [0, 0.1) is 0 Å². The van der Waals surface area contributed by atoms with Crippen molar-refractivity contribution in [1.82, 2.24) is 0 Å². The zero-order valence-corrected chi connectivity index (χ0v) is 5.52. The van der Waals surface area contributed by atoms with Gasteiger partial charge < -0.3 is 0 Å². The van der Waals surface area contributed by atoms with Gasteiger partial charge in [-0.05, 0) is 6.42 Å². The fourth-order valence-corrected chi connectivity index (χ4v) is 0.514. The lowest BCUT2D eigenvalue weighted by Gasteiger charge is -1.88. The quantitative estimate of drug-likeness (QED) is 0.430. The normalized spacial score (nSPS) is 8.22. The molecule has 0 bridgehead atoms. The molecule has 1 nitrogen and oxygen atoms in total. The highest BCUT2D eigenvalue weighted by atomic mass is 19.1. The van der Waals surface area contributed by atoms with Crippen LogP contribution in [0.15, 0.2) is 0 Å². The lowest BCUT2D eigenvalue weighted by Crippen LogP contribution is -1.85. The molecule has 0 spiro atoms. The van der Waals surface area contributed by atoms with E-state index in [0.717, 1.165) is 12.8 Å². The van der Waals surface area contributed by atoms with Crippen LogP contribution >= 0.6 is 0 Å². The Hall–Kier alpha value is -0.470. The predicted octanol–water partition coefficient (Wildman–Crippen LogP) is 2.22. The number of hydrogen-bond donors (Lipinski definition) is 0. The van der Waals surface area contributed by atoms with E-state index in [9.17, 15) is 9.18 Å². The van der Waals surface area contributed by atoms with Crippen LogP contribution in [-0.4, -0.2) is 6.04 Å². The van der Waals surface area contributed by atoms with Gasteiger partial charge in [0.1, 0.15) is 0 Å². The molecule has 0 amide bonds. The number of halogens is 2. The Morgan fingerprint density at radius 1 is 1.44 bits per heavy atom. The first-order chi connectivity index (χ1) is 3.77. The third-order valence-corrected chi connectivity index (χ3v) is 0.977. The van der Waals surface area contributed by atoms with Crippen molar-refractivity contribution < 1.29 is 13.9 Å². The maximum Gasteiger partial charge on any atom is 0.301 e. The van der Waals surface area contributed by atoms with E-state index >= 15 is 0 Å². The summed E-state index contributed by atoms with van der Waals surface area (Å²) >= 11 is 0. The van der Waals surface area contributed by atoms with E-state index in [1.165, 1.54) is 0 Å². The molecule has 0 N–H and O–H groups in total. The molecular formula is C6H12F2O. The number of carbonyl (C=O) groups is 1. The zero-order valence-electron chi connectivity index (χ0n) is 5.52. The highest BCUT2D eigenvalue weighted by molar-refractivity contribution is 5.67. The lowest BCUT2D eigenvalue weighted by atomic mass is 10.2. The van der Waals surface area contributed by atoms with Crippen LogP contribution in [0.4, 0.5) is 9.09 Å². The highest BCUT2D eigenvalue weighted by Crippen LogP contribution is 1.99.